The number of ether oxygens (including phenoxy) is 1. The minimum atomic E-state index is -0.474. The summed E-state index contributed by atoms with van der Waals surface area (Å²) in [6.45, 7) is 1.83. The summed E-state index contributed by atoms with van der Waals surface area (Å²) in [6.07, 6.45) is 0. The van der Waals surface area contributed by atoms with E-state index >= 15 is 0 Å². The number of aromatic nitrogens is 4. The van der Waals surface area contributed by atoms with Crippen LogP contribution in [0.15, 0.2) is 64.3 Å². The largest absolute Gasteiger partial charge is 0.495 e. The molecular weight excluding hydrogens is 424 g/mol. The monoisotopic (exact) mass is 440 g/mol. The van der Waals surface area contributed by atoms with Gasteiger partial charge in [0.05, 0.1) is 18.4 Å². The molecule has 0 radical (unpaired) electrons. The Labute approximate surface area is 169 Å². The zero-order valence-electron chi connectivity index (χ0n) is 15.2. The predicted molar refractivity (Wildman–Crippen MR) is 108 cm³/mol. The Morgan fingerprint density at radius 3 is 2.86 bits per heavy atom. The van der Waals surface area contributed by atoms with Crippen LogP contribution in [0.5, 0.6) is 5.75 Å². The normalized spacial score (nSPS) is 15.6. The number of nitrogens with zero attached hydrogens (tertiary/aromatic N) is 4. The number of anilines is 2. The molecule has 1 aromatic heterocycles. The standard InChI is InChI=1S/C19H17BrN6O2/c1-11-16(18(27)22-14-8-3-4-9-15(14)28-2)17(12-6-5-7-13(20)10-12)26-19(21-11)23-24-25-26/h3-10,17H,1-2H3,(H,22,27)(H,21,23,25)/t17-/m1/s1. The van der Waals surface area contributed by atoms with E-state index in [4.69, 9.17) is 4.74 Å². The van der Waals surface area contributed by atoms with Crippen molar-refractivity contribution in [2.45, 2.75) is 13.0 Å². The van der Waals surface area contributed by atoms with Crippen molar-refractivity contribution in [1.82, 2.24) is 20.2 Å². The molecule has 0 unspecified atom stereocenters. The van der Waals surface area contributed by atoms with E-state index in [-0.39, 0.29) is 5.91 Å². The van der Waals surface area contributed by atoms with Gasteiger partial charge in [-0.05, 0) is 47.2 Å². The molecule has 1 aliphatic rings. The van der Waals surface area contributed by atoms with Crippen LogP contribution in [-0.4, -0.2) is 33.2 Å². The Balaban J connectivity index is 1.77. The van der Waals surface area contributed by atoms with Gasteiger partial charge in [-0.3, -0.25) is 4.79 Å². The van der Waals surface area contributed by atoms with Gasteiger partial charge in [-0.2, -0.15) is 4.68 Å². The molecule has 0 saturated heterocycles. The maximum absolute atomic E-state index is 13.3. The quantitative estimate of drug-likeness (QED) is 0.645. The van der Waals surface area contributed by atoms with Crippen LogP contribution < -0.4 is 15.4 Å². The van der Waals surface area contributed by atoms with Gasteiger partial charge >= 0.3 is 0 Å². The fraction of sp³-hybridized carbons (Fsp3) is 0.158. The van der Waals surface area contributed by atoms with Crippen molar-refractivity contribution in [2.75, 3.05) is 17.7 Å². The molecule has 0 saturated carbocycles. The molecule has 8 nitrogen and oxygen atoms in total. The van der Waals surface area contributed by atoms with Crippen molar-refractivity contribution in [1.29, 1.82) is 0 Å². The lowest BCUT2D eigenvalue weighted by Crippen LogP contribution is -2.31. The average molecular weight is 441 g/mol. The van der Waals surface area contributed by atoms with E-state index in [0.29, 0.717) is 28.7 Å². The number of halogens is 1. The van der Waals surface area contributed by atoms with Crippen molar-refractivity contribution in [3.63, 3.8) is 0 Å². The van der Waals surface area contributed by atoms with Gasteiger partial charge in [0, 0.05) is 10.2 Å². The molecule has 0 fully saturated rings. The number of methoxy groups -OCH3 is 1. The van der Waals surface area contributed by atoms with E-state index in [1.54, 1.807) is 23.9 Å². The van der Waals surface area contributed by atoms with E-state index in [0.717, 1.165) is 10.0 Å². The number of carbonyl (C=O) groups is 1. The first-order valence-corrected chi connectivity index (χ1v) is 9.33. The number of amides is 1. The average Bonchev–Trinajstić information content (AvgIpc) is 3.15. The van der Waals surface area contributed by atoms with E-state index in [9.17, 15) is 4.79 Å². The summed E-state index contributed by atoms with van der Waals surface area (Å²) < 4.78 is 7.85. The number of benzene rings is 2. The lowest BCUT2D eigenvalue weighted by molar-refractivity contribution is -0.113. The third-order valence-corrected chi connectivity index (χ3v) is 4.97. The van der Waals surface area contributed by atoms with E-state index < -0.39 is 6.04 Å². The maximum atomic E-state index is 13.3. The minimum Gasteiger partial charge on any atom is -0.495 e. The number of nitrogens with one attached hydrogen (secondary N) is 2. The fourth-order valence-corrected chi connectivity index (χ4v) is 3.65. The predicted octanol–water partition coefficient (Wildman–Crippen LogP) is 3.37. The second kappa shape index (κ2) is 7.43. The Bertz CT molecular complexity index is 1080. The number of tetrazole rings is 1. The molecular formula is C19H17BrN6O2. The first-order chi connectivity index (χ1) is 13.6. The van der Waals surface area contributed by atoms with Gasteiger partial charge in [-0.1, -0.05) is 45.3 Å². The molecule has 3 aromatic rings. The van der Waals surface area contributed by atoms with Crippen LogP contribution in [0.2, 0.25) is 0 Å². The van der Waals surface area contributed by atoms with Crippen molar-refractivity contribution in [2.24, 2.45) is 0 Å². The summed E-state index contributed by atoms with van der Waals surface area (Å²) in [4.78, 5) is 13.3. The van der Waals surface area contributed by atoms with Crippen LogP contribution in [0.1, 0.15) is 18.5 Å². The topological polar surface area (TPSA) is 94.0 Å². The lowest BCUT2D eigenvalue weighted by Gasteiger charge is -2.28. The number of rotatable bonds is 4. The molecule has 28 heavy (non-hydrogen) atoms. The summed E-state index contributed by atoms with van der Waals surface area (Å²) in [6, 6.07) is 14.5. The van der Waals surface area contributed by atoms with Gasteiger partial charge in [0.2, 0.25) is 5.95 Å². The maximum Gasteiger partial charge on any atom is 0.255 e. The van der Waals surface area contributed by atoms with Gasteiger partial charge in [0.15, 0.2) is 0 Å². The van der Waals surface area contributed by atoms with E-state index in [1.165, 1.54) is 0 Å². The first-order valence-electron chi connectivity index (χ1n) is 8.54. The molecule has 1 aliphatic heterocycles. The highest BCUT2D eigenvalue weighted by Crippen LogP contribution is 2.36. The second-order valence-electron chi connectivity index (χ2n) is 6.22. The Morgan fingerprint density at radius 2 is 2.07 bits per heavy atom. The van der Waals surface area contributed by atoms with E-state index in [2.05, 4.69) is 42.1 Å². The molecule has 1 amide bonds. The van der Waals surface area contributed by atoms with Crippen LogP contribution in [0.4, 0.5) is 11.6 Å². The van der Waals surface area contributed by atoms with Crippen LogP contribution in [0, 0.1) is 0 Å². The molecule has 2 aromatic carbocycles. The molecule has 2 heterocycles. The number of para-hydroxylation sites is 2. The van der Waals surface area contributed by atoms with Crippen molar-refractivity contribution in [3.8, 4) is 5.75 Å². The summed E-state index contributed by atoms with van der Waals surface area (Å²) in [7, 11) is 1.56. The highest BCUT2D eigenvalue weighted by molar-refractivity contribution is 9.10. The van der Waals surface area contributed by atoms with Crippen LogP contribution in [0.3, 0.4) is 0 Å². The smallest absolute Gasteiger partial charge is 0.255 e. The third kappa shape index (κ3) is 3.24. The third-order valence-electron chi connectivity index (χ3n) is 4.48. The van der Waals surface area contributed by atoms with Gasteiger partial charge in [0.25, 0.3) is 5.91 Å². The van der Waals surface area contributed by atoms with Crippen LogP contribution >= 0.6 is 15.9 Å². The van der Waals surface area contributed by atoms with Crippen LogP contribution in [0.25, 0.3) is 0 Å². The minimum absolute atomic E-state index is 0.263. The molecule has 142 valence electrons. The number of hydrogen-bond acceptors (Lipinski definition) is 6. The van der Waals surface area contributed by atoms with Gasteiger partial charge in [0.1, 0.15) is 11.8 Å². The number of fused-ring (bicyclic) bond motifs is 1. The molecule has 1 atom stereocenters. The molecule has 0 bridgehead atoms. The first kappa shape index (κ1) is 18.2. The zero-order valence-corrected chi connectivity index (χ0v) is 16.8. The summed E-state index contributed by atoms with van der Waals surface area (Å²) in [5, 5.41) is 17.9. The van der Waals surface area contributed by atoms with Gasteiger partial charge in [-0.15, -0.1) is 0 Å². The number of carbonyl (C=O) groups excluding carboxylic acids is 1. The molecule has 4 rings (SSSR count). The van der Waals surface area contributed by atoms with E-state index in [1.807, 2.05) is 43.3 Å². The summed E-state index contributed by atoms with van der Waals surface area (Å²) >= 11 is 3.49. The molecule has 2 N–H and O–H groups in total. The number of hydrogen-bond donors (Lipinski definition) is 2. The summed E-state index contributed by atoms with van der Waals surface area (Å²) in [5.74, 6) is 0.803. The highest BCUT2D eigenvalue weighted by Gasteiger charge is 2.34. The van der Waals surface area contributed by atoms with Crippen LogP contribution in [-0.2, 0) is 4.79 Å². The Hall–Kier alpha value is -3.20. The second-order valence-corrected chi connectivity index (χ2v) is 7.14. The van der Waals surface area contributed by atoms with Gasteiger partial charge in [-0.25, -0.2) is 0 Å². The summed E-state index contributed by atoms with van der Waals surface area (Å²) in [5.41, 5.74) is 2.67. The van der Waals surface area contributed by atoms with Crippen molar-refractivity contribution in [3.05, 3.63) is 69.8 Å². The fourth-order valence-electron chi connectivity index (χ4n) is 3.23. The highest BCUT2D eigenvalue weighted by atomic mass is 79.9. The zero-order chi connectivity index (χ0) is 19.7. The molecule has 0 aliphatic carbocycles. The lowest BCUT2D eigenvalue weighted by atomic mass is 9.95. The molecule has 0 spiro atoms. The van der Waals surface area contributed by atoms with Crippen molar-refractivity contribution < 1.29 is 9.53 Å². The van der Waals surface area contributed by atoms with Gasteiger partial charge < -0.3 is 15.4 Å². The Morgan fingerprint density at radius 1 is 1.25 bits per heavy atom. The SMILES string of the molecule is COc1ccccc1NC(=O)C1=C(C)Nc2nnnn2[C@@H]1c1cccc(Br)c1. The van der Waals surface area contributed by atoms with Crippen molar-refractivity contribution >= 4 is 33.5 Å². The number of allylic oxidation sites excluding steroid dienone is 1. The molecule has 9 heteroatoms. The Kier molecular flexibility index (Phi) is 4.82.